The van der Waals surface area contributed by atoms with Gasteiger partial charge in [-0.25, -0.2) is 12.7 Å². The molecule has 0 saturated heterocycles. The number of nitrogens with zero attached hydrogens (tertiary/aromatic N) is 3. The van der Waals surface area contributed by atoms with E-state index in [0.29, 0.717) is 27.5 Å². The van der Waals surface area contributed by atoms with Crippen molar-refractivity contribution >= 4 is 45.3 Å². The van der Waals surface area contributed by atoms with Gasteiger partial charge in [0.2, 0.25) is 0 Å². The number of fused-ring (bicyclic) bond motifs is 1. The maximum Gasteiger partial charge on any atom is 0.266 e. The van der Waals surface area contributed by atoms with Gasteiger partial charge in [-0.1, -0.05) is 53.5 Å². The summed E-state index contributed by atoms with van der Waals surface area (Å²) in [6.07, 6.45) is 0.444. The fourth-order valence-corrected chi connectivity index (χ4v) is 6.53. The summed E-state index contributed by atoms with van der Waals surface area (Å²) in [6.45, 7) is 0. The first-order valence-electron chi connectivity index (χ1n) is 11.0. The number of carbonyl (C=O) groups excluding carboxylic acids is 1. The van der Waals surface area contributed by atoms with Gasteiger partial charge < -0.3 is 0 Å². The van der Waals surface area contributed by atoms with Crippen molar-refractivity contribution in [3.05, 3.63) is 128 Å². The highest BCUT2D eigenvalue weighted by atomic mass is 35.5. The first-order chi connectivity index (χ1) is 17.8. The quantitative estimate of drug-likeness (QED) is 0.311. The first-order valence-corrected chi connectivity index (χ1v) is 13.2. The SMILES string of the molecule is N#Cc1cccc(S(=O)(=O)N2c3ccc(C=O)c(=O)n3C(c3ccc(Cl)cc3)C2c2ccc(Cl)cc2)c1. The molecule has 1 aliphatic rings. The molecule has 3 aromatic carbocycles. The second-order valence-electron chi connectivity index (χ2n) is 8.37. The molecule has 1 aromatic heterocycles. The minimum atomic E-state index is -4.30. The third-order valence-corrected chi connectivity index (χ3v) is 8.54. The summed E-state index contributed by atoms with van der Waals surface area (Å²) in [5.74, 6) is 0.0814. The van der Waals surface area contributed by atoms with E-state index in [1.54, 1.807) is 48.5 Å². The molecular formula is C27H17Cl2N3O4S. The number of anilines is 1. The van der Waals surface area contributed by atoms with Crippen LogP contribution in [0.15, 0.2) is 94.6 Å². The Bertz CT molecular complexity index is 1730. The molecule has 7 nitrogen and oxygen atoms in total. The van der Waals surface area contributed by atoms with E-state index in [-0.39, 0.29) is 21.8 Å². The molecule has 1 aliphatic heterocycles. The van der Waals surface area contributed by atoms with Crippen molar-refractivity contribution in [1.29, 1.82) is 5.26 Å². The number of benzene rings is 3. The monoisotopic (exact) mass is 549 g/mol. The van der Waals surface area contributed by atoms with Gasteiger partial charge in [-0.05, 0) is 65.7 Å². The molecule has 0 fully saturated rings. The third kappa shape index (κ3) is 4.21. The second-order valence-corrected chi connectivity index (χ2v) is 11.1. The Balaban J connectivity index is 1.85. The van der Waals surface area contributed by atoms with E-state index >= 15 is 0 Å². The van der Waals surface area contributed by atoms with Crippen LogP contribution in [-0.4, -0.2) is 19.3 Å². The van der Waals surface area contributed by atoms with Crippen molar-refractivity contribution < 1.29 is 13.2 Å². The number of aldehydes is 1. The third-order valence-electron chi connectivity index (χ3n) is 6.25. The normalized spacial score (nSPS) is 16.7. The molecule has 2 unspecified atom stereocenters. The topological polar surface area (TPSA) is 100 Å². The second kappa shape index (κ2) is 9.52. The summed E-state index contributed by atoms with van der Waals surface area (Å²) in [5, 5.41) is 10.3. The summed E-state index contributed by atoms with van der Waals surface area (Å²) in [6, 6.07) is 22.0. The molecule has 2 atom stereocenters. The van der Waals surface area contributed by atoms with E-state index < -0.39 is 27.7 Å². The van der Waals surface area contributed by atoms with Crippen molar-refractivity contribution in [1.82, 2.24) is 4.57 Å². The minimum absolute atomic E-state index is 0.0814. The van der Waals surface area contributed by atoms with Crippen molar-refractivity contribution in [3.8, 4) is 6.07 Å². The van der Waals surface area contributed by atoms with Gasteiger partial charge in [0.15, 0.2) is 6.29 Å². The average molecular weight is 550 g/mol. The smallest absolute Gasteiger partial charge is 0.266 e. The summed E-state index contributed by atoms with van der Waals surface area (Å²) in [5.41, 5.74) is 0.615. The summed E-state index contributed by atoms with van der Waals surface area (Å²) >= 11 is 12.2. The highest BCUT2D eigenvalue weighted by Gasteiger charge is 2.47. The van der Waals surface area contributed by atoms with Gasteiger partial charge in [0.1, 0.15) is 5.82 Å². The van der Waals surface area contributed by atoms with E-state index in [1.807, 2.05) is 6.07 Å². The Morgan fingerprint density at radius 2 is 1.43 bits per heavy atom. The molecule has 0 saturated carbocycles. The lowest BCUT2D eigenvalue weighted by atomic mass is 9.94. The standard InChI is InChI=1S/C27H17Cl2N3O4S/c28-21-9-4-18(5-10-21)25-26(19-6-11-22(29)12-7-19)32(24-13-8-20(16-33)27(34)31(24)25)37(35,36)23-3-1-2-17(14-23)15-30/h1-14,16,25-26H. The fourth-order valence-electron chi connectivity index (χ4n) is 4.59. The maximum atomic E-state index is 14.2. The molecule has 0 amide bonds. The van der Waals surface area contributed by atoms with Crippen LogP contribution in [0.5, 0.6) is 0 Å². The Kier molecular flexibility index (Phi) is 6.38. The van der Waals surface area contributed by atoms with Gasteiger partial charge in [0, 0.05) is 10.0 Å². The largest absolute Gasteiger partial charge is 0.298 e. The Morgan fingerprint density at radius 1 is 0.838 bits per heavy atom. The fraction of sp³-hybridized carbons (Fsp3) is 0.0741. The van der Waals surface area contributed by atoms with Gasteiger partial charge in [-0.2, -0.15) is 5.26 Å². The number of aromatic nitrogens is 1. The summed E-state index contributed by atoms with van der Waals surface area (Å²) < 4.78 is 30.9. The van der Waals surface area contributed by atoms with Gasteiger partial charge in [0.25, 0.3) is 15.6 Å². The lowest BCUT2D eigenvalue weighted by Gasteiger charge is -2.29. The van der Waals surface area contributed by atoms with Crippen LogP contribution in [0.3, 0.4) is 0 Å². The number of rotatable bonds is 5. The molecule has 10 heteroatoms. The van der Waals surface area contributed by atoms with Crippen LogP contribution in [0.4, 0.5) is 5.82 Å². The number of sulfonamides is 1. The van der Waals surface area contributed by atoms with Gasteiger partial charge in [-0.15, -0.1) is 0 Å². The predicted octanol–water partition coefficient (Wildman–Crippen LogP) is 5.38. The zero-order valence-electron chi connectivity index (χ0n) is 19.0. The van der Waals surface area contributed by atoms with Crippen LogP contribution in [-0.2, 0) is 10.0 Å². The van der Waals surface area contributed by atoms with Crippen LogP contribution in [0.25, 0.3) is 0 Å². The van der Waals surface area contributed by atoms with E-state index in [4.69, 9.17) is 23.2 Å². The van der Waals surface area contributed by atoms with Crippen LogP contribution in [0, 0.1) is 11.3 Å². The van der Waals surface area contributed by atoms with Gasteiger partial charge in [-0.3, -0.25) is 14.2 Å². The van der Waals surface area contributed by atoms with Crippen molar-refractivity contribution in [2.75, 3.05) is 4.31 Å². The predicted molar refractivity (Wildman–Crippen MR) is 141 cm³/mol. The van der Waals surface area contributed by atoms with Crippen LogP contribution < -0.4 is 9.86 Å². The number of pyridine rings is 1. The summed E-state index contributed by atoms with van der Waals surface area (Å²) in [7, 11) is -4.30. The zero-order chi connectivity index (χ0) is 26.3. The Morgan fingerprint density at radius 3 is 2.00 bits per heavy atom. The Labute approximate surface area is 222 Å². The molecule has 2 heterocycles. The van der Waals surface area contributed by atoms with E-state index in [0.717, 1.165) is 0 Å². The average Bonchev–Trinajstić information content (AvgIpc) is 3.26. The number of hydrogen-bond donors (Lipinski definition) is 0. The molecule has 0 N–H and O–H groups in total. The highest BCUT2D eigenvalue weighted by Crippen LogP contribution is 2.49. The van der Waals surface area contributed by atoms with Crippen LogP contribution in [0.1, 0.15) is 39.1 Å². The van der Waals surface area contributed by atoms with Crippen molar-refractivity contribution in [2.24, 2.45) is 0 Å². The van der Waals surface area contributed by atoms with Crippen LogP contribution >= 0.6 is 23.2 Å². The summed E-state index contributed by atoms with van der Waals surface area (Å²) in [4.78, 5) is 25.1. The van der Waals surface area contributed by atoms with E-state index in [1.165, 1.54) is 45.3 Å². The number of nitriles is 1. The molecule has 184 valence electrons. The minimum Gasteiger partial charge on any atom is -0.298 e. The number of halogens is 2. The van der Waals surface area contributed by atoms with Gasteiger partial charge in [0.05, 0.1) is 34.2 Å². The molecule has 37 heavy (non-hydrogen) atoms. The number of carbonyl (C=O) groups is 1. The molecule has 0 aliphatic carbocycles. The molecule has 4 aromatic rings. The molecule has 0 radical (unpaired) electrons. The lowest BCUT2D eigenvalue weighted by Crippen LogP contribution is -2.33. The van der Waals surface area contributed by atoms with Gasteiger partial charge >= 0.3 is 0 Å². The molecule has 0 bridgehead atoms. The molecule has 0 spiro atoms. The lowest BCUT2D eigenvalue weighted by molar-refractivity contribution is 0.112. The van der Waals surface area contributed by atoms with Crippen LogP contribution in [0.2, 0.25) is 10.0 Å². The Hall–Kier alpha value is -3.90. The molecule has 5 rings (SSSR count). The first kappa shape index (κ1) is 24.8. The maximum absolute atomic E-state index is 14.2. The van der Waals surface area contributed by atoms with E-state index in [9.17, 15) is 23.3 Å². The van der Waals surface area contributed by atoms with E-state index in [2.05, 4.69) is 0 Å². The van der Waals surface area contributed by atoms with Crippen molar-refractivity contribution in [2.45, 2.75) is 17.0 Å². The zero-order valence-corrected chi connectivity index (χ0v) is 21.3. The van der Waals surface area contributed by atoms with Crippen molar-refractivity contribution in [3.63, 3.8) is 0 Å². The highest BCUT2D eigenvalue weighted by molar-refractivity contribution is 7.92. The molecular weight excluding hydrogens is 533 g/mol. The number of hydrogen-bond acceptors (Lipinski definition) is 5.